The summed E-state index contributed by atoms with van der Waals surface area (Å²) in [5, 5.41) is 9.04. The first-order valence-corrected chi connectivity index (χ1v) is 11.1. The van der Waals surface area contributed by atoms with Crippen molar-refractivity contribution >= 4 is 5.91 Å². The first-order valence-electron chi connectivity index (χ1n) is 11.1. The second-order valence-corrected chi connectivity index (χ2v) is 8.30. The van der Waals surface area contributed by atoms with E-state index in [4.69, 9.17) is 9.47 Å². The van der Waals surface area contributed by atoms with Gasteiger partial charge in [-0.05, 0) is 38.0 Å². The summed E-state index contributed by atoms with van der Waals surface area (Å²) in [4.78, 5) is 19.7. The van der Waals surface area contributed by atoms with E-state index in [1.165, 1.54) is 0 Å². The van der Waals surface area contributed by atoms with Crippen molar-refractivity contribution < 1.29 is 14.3 Å². The lowest BCUT2D eigenvalue weighted by Crippen LogP contribution is -2.51. The van der Waals surface area contributed by atoms with E-state index < -0.39 is 0 Å². The number of methoxy groups -OCH3 is 2. The minimum atomic E-state index is 0.0168. The number of nitrogens with zero attached hydrogens (tertiary/aromatic N) is 6. The van der Waals surface area contributed by atoms with Crippen molar-refractivity contribution in [3.05, 3.63) is 42.2 Å². The van der Waals surface area contributed by atoms with E-state index in [0.29, 0.717) is 30.3 Å². The number of carbonyl (C=O) groups is 1. The lowest BCUT2D eigenvalue weighted by atomic mass is 9.87. The van der Waals surface area contributed by atoms with Gasteiger partial charge in [0.2, 0.25) is 0 Å². The molecule has 0 bridgehead atoms. The highest BCUT2D eigenvalue weighted by Crippen LogP contribution is 2.41. The smallest absolute Gasteiger partial charge is 0.272 e. The summed E-state index contributed by atoms with van der Waals surface area (Å²) in [5.41, 5.74) is 1.56. The molecule has 2 atom stereocenters. The minimum absolute atomic E-state index is 0.0168. The van der Waals surface area contributed by atoms with Crippen LogP contribution in [0.15, 0.2) is 30.7 Å². The fourth-order valence-corrected chi connectivity index (χ4v) is 5.10. The van der Waals surface area contributed by atoms with Crippen molar-refractivity contribution in [3.63, 3.8) is 0 Å². The van der Waals surface area contributed by atoms with Crippen LogP contribution in [0, 0.1) is 0 Å². The van der Waals surface area contributed by atoms with E-state index in [1.807, 2.05) is 34.6 Å². The molecular formula is C23H28N6O3. The van der Waals surface area contributed by atoms with Gasteiger partial charge in [-0.15, -0.1) is 10.2 Å². The molecule has 1 fully saturated rings. The molecule has 9 heteroatoms. The Bertz CT molecular complexity index is 1140. The number of hydrogen-bond donors (Lipinski definition) is 0. The molecular weight excluding hydrogens is 408 g/mol. The van der Waals surface area contributed by atoms with Gasteiger partial charge in [-0.25, -0.2) is 4.98 Å². The molecule has 1 aliphatic carbocycles. The van der Waals surface area contributed by atoms with Crippen LogP contribution in [0.5, 0.6) is 11.5 Å². The molecule has 0 saturated heterocycles. The predicted octanol–water partition coefficient (Wildman–Crippen LogP) is 3.32. The molecule has 168 valence electrons. The number of aromatic nitrogens is 5. The first-order chi connectivity index (χ1) is 15.7. The number of aryl methyl sites for hydroxylation is 1. The molecule has 1 aromatic carbocycles. The number of fused-ring (bicyclic) bond motifs is 3. The van der Waals surface area contributed by atoms with Crippen LogP contribution < -0.4 is 9.47 Å². The van der Waals surface area contributed by atoms with Gasteiger partial charge in [0.25, 0.3) is 5.91 Å². The fraction of sp³-hybridized carbons (Fsp3) is 0.478. The van der Waals surface area contributed by atoms with Gasteiger partial charge >= 0.3 is 0 Å². The summed E-state index contributed by atoms with van der Waals surface area (Å²) in [6, 6.07) is 6.06. The Morgan fingerprint density at radius 3 is 2.62 bits per heavy atom. The number of ether oxygens (including phenoxy) is 2. The van der Waals surface area contributed by atoms with Gasteiger partial charge in [-0.3, -0.25) is 4.79 Å². The number of benzene rings is 1. The molecule has 1 amide bonds. The van der Waals surface area contributed by atoms with E-state index in [-0.39, 0.29) is 18.0 Å². The normalized spacial score (nSPS) is 19.9. The van der Waals surface area contributed by atoms with Crippen LogP contribution in [0.2, 0.25) is 0 Å². The molecule has 3 aromatic rings. The number of imidazole rings is 1. The van der Waals surface area contributed by atoms with Gasteiger partial charge < -0.3 is 23.5 Å². The van der Waals surface area contributed by atoms with Crippen molar-refractivity contribution in [1.82, 2.24) is 29.2 Å². The molecule has 0 N–H and O–H groups in total. The van der Waals surface area contributed by atoms with E-state index in [2.05, 4.69) is 19.7 Å². The Kier molecular flexibility index (Phi) is 5.32. The highest BCUT2D eigenvalue weighted by atomic mass is 16.5. The minimum Gasteiger partial charge on any atom is -0.493 e. The second kappa shape index (κ2) is 8.29. The first kappa shape index (κ1) is 20.5. The zero-order valence-electron chi connectivity index (χ0n) is 18.7. The van der Waals surface area contributed by atoms with Gasteiger partial charge in [0.05, 0.1) is 45.4 Å². The van der Waals surface area contributed by atoms with E-state index in [0.717, 1.165) is 42.9 Å². The zero-order valence-corrected chi connectivity index (χ0v) is 18.7. The Morgan fingerprint density at radius 2 is 1.88 bits per heavy atom. The summed E-state index contributed by atoms with van der Waals surface area (Å²) in [7, 11) is 3.25. The number of amides is 1. The van der Waals surface area contributed by atoms with Crippen molar-refractivity contribution in [1.29, 1.82) is 0 Å². The Balaban J connectivity index is 1.55. The van der Waals surface area contributed by atoms with E-state index in [1.54, 1.807) is 26.7 Å². The Labute approximate surface area is 187 Å². The maximum atomic E-state index is 13.5. The number of hydrogen-bond acceptors (Lipinski definition) is 6. The second-order valence-electron chi connectivity index (χ2n) is 8.30. The van der Waals surface area contributed by atoms with E-state index >= 15 is 0 Å². The molecule has 1 saturated carbocycles. The van der Waals surface area contributed by atoms with Crippen LogP contribution in [0.1, 0.15) is 55.0 Å². The lowest BCUT2D eigenvalue weighted by Gasteiger charge is -2.44. The third-order valence-corrected chi connectivity index (χ3v) is 6.68. The summed E-state index contributed by atoms with van der Waals surface area (Å²) < 4.78 is 15.0. The standard InChI is InChI=1S/C23H28N6O3/c1-4-27-14-24-12-18(27)23(30)28-13-21-25-26-22(29(21)17-8-6-5-7-16(17)28)15-9-10-19(31-2)20(11-15)32-3/h9-12,14,16-17H,4-8,13H2,1-3H3/t16-,17-/m1/s1. The van der Waals surface area contributed by atoms with Crippen LogP contribution in [0.3, 0.4) is 0 Å². The van der Waals surface area contributed by atoms with Crippen molar-refractivity contribution in [2.45, 2.75) is 57.8 Å². The van der Waals surface area contributed by atoms with Crippen LogP contribution in [0.25, 0.3) is 11.4 Å². The molecule has 0 spiro atoms. The highest BCUT2D eigenvalue weighted by Gasteiger charge is 2.42. The van der Waals surface area contributed by atoms with Crippen LogP contribution in [0.4, 0.5) is 0 Å². The monoisotopic (exact) mass is 436 g/mol. The molecule has 0 unspecified atom stereocenters. The van der Waals surface area contributed by atoms with Gasteiger partial charge in [0, 0.05) is 12.1 Å². The third-order valence-electron chi connectivity index (χ3n) is 6.68. The zero-order chi connectivity index (χ0) is 22.2. The third kappa shape index (κ3) is 3.23. The summed E-state index contributed by atoms with van der Waals surface area (Å²) in [6.45, 7) is 3.17. The summed E-state index contributed by atoms with van der Waals surface area (Å²) >= 11 is 0. The highest BCUT2D eigenvalue weighted by molar-refractivity contribution is 5.92. The molecule has 32 heavy (non-hydrogen) atoms. The summed E-state index contributed by atoms with van der Waals surface area (Å²) in [5.74, 6) is 2.97. The SMILES string of the molecule is CCn1cncc1C(=O)N1Cc2nnc(-c3ccc(OC)c(OC)c3)n2[C@@H]2CCCC[C@H]21. The molecule has 1 aliphatic heterocycles. The summed E-state index contributed by atoms with van der Waals surface area (Å²) in [6.07, 6.45) is 7.58. The Hall–Kier alpha value is -3.36. The van der Waals surface area contributed by atoms with Crippen molar-refractivity contribution in [2.75, 3.05) is 14.2 Å². The molecule has 2 aromatic heterocycles. The lowest BCUT2D eigenvalue weighted by molar-refractivity contribution is 0.0410. The van der Waals surface area contributed by atoms with Crippen LogP contribution in [-0.2, 0) is 13.1 Å². The average molecular weight is 437 g/mol. The number of carbonyl (C=O) groups excluding carboxylic acids is 1. The van der Waals surface area contributed by atoms with Gasteiger partial charge in [0.15, 0.2) is 23.1 Å². The molecule has 3 heterocycles. The largest absolute Gasteiger partial charge is 0.493 e. The average Bonchev–Trinajstić information content (AvgIpc) is 3.49. The van der Waals surface area contributed by atoms with Crippen LogP contribution in [-0.4, -0.2) is 55.4 Å². The number of rotatable bonds is 5. The van der Waals surface area contributed by atoms with E-state index in [9.17, 15) is 4.79 Å². The topological polar surface area (TPSA) is 87.3 Å². The van der Waals surface area contributed by atoms with Crippen molar-refractivity contribution in [2.24, 2.45) is 0 Å². The van der Waals surface area contributed by atoms with Gasteiger partial charge in [-0.1, -0.05) is 12.8 Å². The quantitative estimate of drug-likeness (QED) is 0.610. The van der Waals surface area contributed by atoms with Crippen molar-refractivity contribution in [3.8, 4) is 22.9 Å². The molecule has 2 aliphatic rings. The maximum absolute atomic E-state index is 13.5. The fourth-order valence-electron chi connectivity index (χ4n) is 5.10. The van der Waals surface area contributed by atoms with Gasteiger partial charge in [0.1, 0.15) is 5.69 Å². The molecule has 0 radical (unpaired) electrons. The van der Waals surface area contributed by atoms with Crippen LogP contribution >= 0.6 is 0 Å². The molecule has 5 rings (SSSR count). The predicted molar refractivity (Wildman–Crippen MR) is 118 cm³/mol. The van der Waals surface area contributed by atoms with Gasteiger partial charge in [-0.2, -0.15) is 0 Å². The molecule has 9 nitrogen and oxygen atoms in total. The Morgan fingerprint density at radius 1 is 1.09 bits per heavy atom. The maximum Gasteiger partial charge on any atom is 0.272 e.